The minimum absolute atomic E-state index is 0.270. The summed E-state index contributed by atoms with van der Waals surface area (Å²) in [5.74, 6) is 1.60. The number of furan rings is 1. The zero-order chi connectivity index (χ0) is 25.6. The van der Waals surface area contributed by atoms with Gasteiger partial charge < -0.3 is 9.15 Å². The summed E-state index contributed by atoms with van der Waals surface area (Å²) in [6.07, 6.45) is 1.69. The Hall–Kier alpha value is -4.88. The van der Waals surface area contributed by atoms with Gasteiger partial charge in [-0.1, -0.05) is 102 Å². The van der Waals surface area contributed by atoms with Crippen LogP contribution >= 0.6 is 0 Å². The highest BCUT2D eigenvalue weighted by Gasteiger charge is 2.22. The molecule has 0 atom stereocenters. The third kappa shape index (κ3) is 5.37. The number of hydrogen-bond donors (Lipinski definition) is 0. The number of nitriles is 1. The van der Waals surface area contributed by atoms with Gasteiger partial charge in [0.1, 0.15) is 29.7 Å². The Labute approximate surface area is 217 Å². The topological polar surface area (TPSA) is 58.5 Å². The summed E-state index contributed by atoms with van der Waals surface area (Å²) in [4.78, 5) is 4.64. The Morgan fingerprint density at radius 1 is 0.784 bits per heavy atom. The smallest absolute Gasteiger partial charge is 0.238 e. The third-order valence-electron chi connectivity index (χ3n) is 6.13. The maximum Gasteiger partial charge on any atom is 0.238 e. The molecule has 0 aliphatic rings. The van der Waals surface area contributed by atoms with Crippen LogP contribution in [0.25, 0.3) is 22.5 Å². The average Bonchev–Trinajstić information content (AvgIpc) is 3.31. The molecule has 0 spiro atoms. The van der Waals surface area contributed by atoms with Gasteiger partial charge in [0.2, 0.25) is 5.88 Å². The van der Waals surface area contributed by atoms with Gasteiger partial charge in [0.15, 0.2) is 0 Å². The van der Waals surface area contributed by atoms with Crippen molar-refractivity contribution in [2.24, 2.45) is 4.99 Å². The summed E-state index contributed by atoms with van der Waals surface area (Å²) < 4.78 is 12.3. The van der Waals surface area contributed by atoms with Crippen molar-refractivity contribution in [3.8, 4) is 34.3 Å². The molecule has 0 saturated carbocycles. The molecule has 0 aliphatic carbocycles. The van der Waals surface area contributed by atoms with Crippen LogP contribution in [0.2, 0.25) is 0 Å². The molecule has 0 aliphatic heterocycles. The molecule has 1 heterocycles. The van der Waals surface area contributed by atoms with Gasteiger partial charge in [-0.15, -0.1) is 0 Å². The van der Waals surface area contributed by atoms with E-state index in [1.807, 2.05) is 117 Å². The summed E-state index contributed by atoms with van der Waals surface area (Å²) >= 11 is 0. The van der Waals surface area contributed by atoms with Crippen molar-refractivity contribution in [2.75, 3.05) is 0 Å². The van der Waals surface area contributed by atoms with Crippen LogP contribution in [0.4, 0.5) is 5.88 Å². The highest BCUT2D eigenvalue weighted by Crippen LogP contribution is 2.42. The lowest BCUT2D eigenvalue weighted by atomic mass is 9.97. The lowest BCUT2D eigenvalue weighted by Crippen LogP contribution is -1.98. The number of aliphatic imine (C=N–C) groups is 1. The lowest BCUT2D eigenvalue weighted by molar-refractivity contribution is 0.306. The summed E-state index contributed by atoms with van der Waals surface area (Å²) in [5.41, 5.74) is 7.13. The number of hydrogen-bond acceptors (Lipinski definition) is 4. The second-order valence-corrected chi connectivity index (χ2v) is 8.90. The summed E-state index contributed by atoms with van der Waals surface area (Å²) in [6.45, 7) is 4.53. The molecular formula is C33H26N2O2. The molecule has 1 aromatic heterocycles. The number of nitrogens with zero attached hydrogens (tertiary/aromatic N) is 2. The van der Waals surface area contributed by atoms with Crippen molar-refractivity contribution in [1.29, 1.82) is 5.26 Å². The molecule has 0 unspecified atom stereocenters. The molecule has 5 rings (SSSR count). The number of aryl methyl sites for hydroxylation is 2. The molecular weight excluding hydrogens is 456 g/mol. The predicted molar refractivity (Wildman–Crippen MR) is 148 cm³/mol. The monoisotopic (exact) mass is 482 g/mol. The van der Waals surface area contributed by atoms with Crippen LogP contribution in [0.5, 0.6) is 5.75 Å². The van der Waals surface area contributed by atoms with E-state index in [4.69, 9.17) is 9.15 Å². The van der Waals surface area contributed by atoms with E-state index < -0.39 is 0 Å². The first kappa shape index (κ1) is 23.8. The minimum atomic E-state index is 0.270. The van der Waals surface area contributed by atoms with E-state index in [9.17, 15) is 5.26 Å². The predicted octanol–water partition coefficient (Wildman–Crippen LogP) is 8.43. The van der Waals surface area contributed by atoms with Crippen LogP contribution in [0.1, 0.15) is 27.8 Å². The van der Waals surface area contributed by atoms with E-state index in [0.29, 0.717) is 23.7 Å². The number of ether oxygens (including phenoxy) is 1. The first-order chi connectivity index (χ1) is 18.1. The Kier molecular flexibility index (Phi) is 6.96. The van der Waals surface area contributed by atoms with Crippen LogP contribution in [0, 0.1) is 25.2 Å². The largest absolute Gasteiger partial charge is 0.488 e. The Morgan fingerprint density at radius 2 is 1.41 bits per heavy atom. The van der Waals surface area contributed by atoms with Gasteiger partial charge in [-0.25, -0.2) is 4.99 Å². The molecule has 37 heavy (non-hydrogen) atoms. The van der Waals surface area contributed by atoms with E-state index in [2.05, 4.69) is 11.1 Å². The summed E-state index contributed by atoms with van der Waals surface area (Å²) in [5, 5.41) is 10.2. The molecule has 0 saturated heterocycles. The van der Waals surface area contributed by atoms with E-state index in [0.717, 1.165) is 38.9 Å². The number of rotatable bonds is 7. The molecule has 4 heteroatoms. The fourth-order valence-electron chi connectivity index (χ4n) is 4.10. The Balaban J connectivity index is 1.54. The van der Waals surface area contributed by atoms with Crippen molar-refractivity contribution in [1.82, 2.24) is 0 Å². The molecule has 5 aromatic rings. The minimum Gasteiger partial charge on any atom is -0.488 e. The maximum absolute atomic E-state index is 10.2. The Morgan fingerprint density at radius 3 is 2.08 bits per heavy atom. The molecule has 0 fully saturated rings. The fourth-order valence-corrected chi connectivity index (χ4v) is 4.10. The molecule has 0 bridgehead atoms. The first-order valence-electron chi connectivity index (χ1n) is 12.1. The average molecular weight is 483 g/mol. The van der Waals surface area contributed by atoms with Crippen molar-refractivity contribution in [3.63, 3.8) is 0 Å². The highest BCUT2D eigenvalue weighted by atomic mass is 16.5. The summed E-state index contributed by atoms with van der Waals surface area (Å²) in [6, 6.07) is 36.2. The molecule has 0 radical (unpaired) electrons. The van der Waals surface area contributed by atoms with E-state index in [-0.39, 0.29) is 5.88 Å². The van der Waals surface area contributed by atoms with Crippen LogP contribution in [0.15, 0.2) is 113 Å². The highest BCUT2D eigenvalue weighted by molar-refractivity contribution is 5.90. The molecule has 0 N–H and O–H groups in total. The fraction of sp³-hybridized carbons (Fsp3) is 0.0909. The van der Waals surface area contributed by atoms with Gasteiger partial charge in [-0.2, -0.15) is 5.26 Å². The number of benzene rings is 4. The van der Waals surface area contributed by atoms with E-state index in [1.54, 1.807) is 6.21 Å². The van der Waals surface area contributed by atoms with Gasteiger partial charge in [0.05, 0.1) is 0 Å². The van der Waals surface area contributed by atoms with Gasteiger partial charge in [0, 0.05) is 22.9 Å². The second-order valence-electron chi connectivity index (χ2n) is 8.90. The van der Waals surface area contributed by atoms with E-state index >= 15 is 0 Å². The Bertz CT molecular complexity index is 1570. The van der Waals surface area contributed by atoms with Gasteiger partial charge in [-0.3, -0.25) is 0 Å². The third-order valence-corrected chi connectivity index (χ3v) is 6.13. The lowest BCUT2D eigenvalue weighted by Gasteiger charge is -2.08. The summed E-state index contributed by atoms with van der Waals surface area (Å²) in [7, 11) is 0. The molecule has 4 aromatic carbocycles. The maximum atomic E-state index is 10.2. The van der Waals surface area contributed by atoms with Crippen molar-refractivity contribution < 1.29 is 9.15 Å². The van der Waals surface area contributed by atoms with E-state index in [1.165, 1.54) is 0 Å². The second kappa shape index (κ2) is 10.8. The molecule has 0 amide bonds. The van der Waals surface area contributed by atoms with Gasteiger partial charge in [0.25, 0.3) is 0 Å². The number of para-hydroxylation sites is 1. The van der Waals surface area contributed by atoms with Crippen LogP contribution in [0.3, 0.4) is 0 Å². The SMILES string of the molecule is Cc1ccc(-c2oc(N=Cc3ccccc3OCc3ccccc3)c(C#N)c2-c2ccc(C)cc2)cc1. The zero-order valence-electron chi connectivity index (χ0n) is 20.8. The van der Waals surface area contributed by atoms with Crippen LogP contribution < -0.4 is 4.74 Å². The van der Waals surface area contributed by atoms with Crippen LogP contribution in [-0.2, 0) is 6.61 Å². The molecule has 180 valence electrons. The van der Waals surface area contributed by atoms with Gasteiger partial charge >= 0.3 is 0 Å². The molecule has 4 nitrogen and oxygen atoms in total. The van der Waals surface area contributed by atoms with Crippen LogP contribution in [-0.4, -0.2) is 6.21 Å². The van der Waals surface area contributed by atoms with Crippen molar-refractivity contribution in [3.05, 3.63) is 131 Å². The van der Waals surface area contributed by atoms with Gasteiger partial charge in [-0.05, 0) is 37.1 Å². The quantitative estimate of drug-likeness (QED) is 0.219. The van der Waals surface area contributed by atoms with Crippen molar-refractivity contribution in [2.45, 2.75) is 20.5 Å². The zero-order valence-corrected chi connectivity index (χ0v) is 20.8. The van der Waals surface area contributed by atoms with Crippen molar-refractivity contribution >= 4 is 12.1 Å². The normalized spacial score (nSPS) is 10.9. The standard InChI is InChI=1S/C33H26N2O2/c1-23-12-16-26(17-13-23)31-29(20-34)33(37-32(31)27-18-14-24(2)15-19-27)35-21-28-10-6-7-11-30(28)36-22-25-8-4-3-5-9-25/h3-19,21H,22H2,1-2H3. The first-order valence-corrected chi connectivity index (χ1v) is 12.1.